The average Bonchev–Trinajstić information content (AvgIpc) is 3.22. The van der Waals surface area contributed by atoms with Gasteiger partial charge in [0.15, 0.2) is 6.10 Å². The molecule has 0 aliphatic rings. The predicted octanol–water partition coefficient (Wildman–Crippen LogP) is 12.5. The lowest BCUT2D eigenvalue weighted by Crippen LogP contribution is -2.29. The topological polar surface area (TPSA) is 134 Å². The van der Waals surface area contributed by atoms with Crippen molar-refractivity contribution in [3.8, 4) is 0 Å². The van der Waals surface area contributed by atoms with Crippen molar-refractivity contribution in [2.75, 3.05) is 26.4 Å². The first-order valence-corrected chi connectivity index (χ1v) is 22.8. The zero-order valence-corrected chi connectivity index (χ0v) is 36.8. The van der Waals surface area contributed by atoms with Crippen LogP contribution in [0.25, 0.3) is 0 Å². The van der Waals surface area contributed by atoms with E-state index in [1.807, 2.05) is 24.3 Å². The Morgan fingerprint density at radius 1 is 0.492 bits per heavy atom. The molecular formula is C49H74NO8P. The summed E-state index contributed by atoms with van der Waals surface area (Å²) in [6, 6.07) is 0. The van der Waals surface area contributed by atoms with E-state index in [9.17, 15) is 19.0 Å². The molecule has 0 aliphatic heterocycles. The Labute approximate surface area is 356 Å². The van der Waals surface area contributed by atoms with Crippen molar-refractivity contribution in [1.29, 1.82) is 0 Å². The van der Waals surface area contributed by atoms with Gasteiger partial charge in [-0.05, 0) is 89.9 Å². The smallest absolute Gasteiger partial charge is 0.462 e. The summed E-state index contributed by atoms with van der Waals surface area (Å²) >= 11 is 0. The van der Waals surface area contributed by atoms with Gasteiger partial charge in [0.05, 0.1) is 13.2 Å². The SMILES string of the molecule is CC/C=C/C/C=C/C/C=C/C/C=C/C/C=C/C/C=C/CCC(=O)OC[C@H](COP(=O)(O)OCCN)OC(=O)CC/C=C/C/C=C/C/C=C/C/C=C/C/C=C/C/C=C/CC. The van der Waals surface area contributed by atoms with Gasteiger partial charge in [-0.25, -0.2) is 4.57 Å². The number of hydrogen-bond donors (Lipinski definition) is 2. The van der Waals surface area contributed by atoms with Crippen LogP contribution in [0, 0.1) is 0 Å². The van der Waals surface area contributed by atoms with Crippen molar-refractivity contribution < 1.29 is 37.6 Å². The minimum Gasteiger partial charge on any atom is -0.462 e. The minimum absolute atomic E-state index is 0.0231. The summed E-state index contributed by atoms with van der Waals surface area (Å²) in [5.41, 5.74) is 5.34. The highest BCUT2D eigenvalue weighted by Gasteiger charge is 2.25. The molecule has 0 spiro atoms. The Balaban J connectivity index is 4.45. The molecule has 0 saturated carbocycles. The summed E-state index contributed by atoms with van der Waals surface area (Å²) in [6.07, 6.45) is 61.9. The number of hydrogen-bond acceptors (Lipinski definition) is 8. The summed E-state index contributed by atoms with van der Waals surface area (Å²) in [4.78, 5) is 34.8. The molecule has 0 heterocycles. The van der Waals surface area contributed by atoms with E-state index in [1.54, 1.807) is 0 Å². The van der Waals surface area contributed by atoms with Crippen molar-refractivity contribution in [3.63, 3.8) is 0 Å². The maximum Gasteiger partial charge on any atom is 0.472 e. The Bertz CT molecular complexity index is 1460. The van der Waals surface area contributed by atoms with E-state index in [2.05, 4.69) is 135 Å². The lowest BCUT2D eigenvalue weighted by Gasteiger charge is -2.19. The fourth-order valence-corrected chi connectivity index (χ4v) is 5.45. The van der Waals surface area contributed by atoms with Crippen LogP contribution < -0.4 is 5.73 Å². The summed E-state index contributed by atoms with van der Waals surface area (Å²) in [7, 11) is -4.43. The van der Waals surface area contributed by atoms with Crippen molar-refractivity contribution in [2.45, 2.75) is 123 Å². The zero-order valence-electron chi connectivity index (χ0n) is 35.9. The normalized spacial score (nSPS) is 14.7. The van der Waals surface area contributed by atoms with Crippen molar-refractivity contribution in [1.82, 2.24) is 0 Å². The lowest BCUT2D eigenvalue weighted by atomic mass is 10.2. The third-order valence-corrected chi connectivity index (χ3v) is 8.73. The Kier molecular flexibility index (Phi) is 40.4. The largest absolute Gasteiger partial charge is 0.472 e. The molecule has 10 heteroatoms. The number of rotatable bonds is 37. The monoisotopic (exact) mass is 836 g/mol. The molecular weight excluding hydrogens is 762 g/mol. The molecule has 0 bridgehead atoms. The van der Waals surface area contributed by atoms with Gasteiger partial charge in [0, 0.05) is 19.4 Å². The number of allylic oxidation sites excluding steroid dienone is 24. The second-order valence-electron chi connectivity index (χ2n) is 13.1. The van der Waals surface area contributed by atoms with Crippen LogP contribution >= 0.6 is 7.82 Å². The van der Waals surface area contributed by atoms with Gasteiger partial charge in [-0.1, -0.05) is 160 Å². The molecule has 59 heavy (non-hydrogen) atoms. The molecule has 3 N–H and O–H groups in total. The van der Waals surface area contributed by atoms with E-state index in [1.165, 1.54) is 0 Å². The van der Waals surface area contributed by atoms with Crippen LogP contribution in [-0.2, 0) is 32.7 Å². The predicted molar refractivity (Wildman–Crippen MR) is 247 cm³/mol. The highest BCUT2D eigenvalue weighted by atomic mass is 31.2. The molecule has 0 radical (unpaired) electrons. The first-order valence-electron chi connectivity index (χ1n) is 21.3. The van der Waals surface area contributed by atoms with Crippen LogP contribution in [-0.4, -0.2) is 49.3 Å². The second-order valence-corrected chi connectivity index (χ2v) is 14.5. The van der Waals surface area contributed by atoms with Gasteiger partial charge in [-0.15, -0.1) is 0 Å². The summed E-state index contributed by atoms with van der Waals surface area (Å²) in [5, 5.41) is 0. The van der Waals surface area contributed by atoms with Crippen molar-refractivity contribution in [2.24, 2.45) is 5.73 Å². The fraction of sp³-hybridized carbons (Fsp3) is 0.469. The van der Waals surface area contributed by atoms with Crippen LogP contribution in [0.1, 0.15) is 117 Å². The van der Waals surface area contributed by atoms with Gasteiger partial charge in [-0.2, -0.15) is 0 Å². The van der Waals surface area contributed by atoms with E-state index in [4.69, 9.17) is 24.3 Å². The number of esters is 2. The molecule has 2 atom stereocenters. The number of carbonyl (C=O) groups excluding carboxylic acids is 2. The standard InChI is InChI=1S/C49H74NO8P/c1-3-5-7-9-11-13-15-17-19-21-23-25-27-29-31-33-35-37-39-41-48(51)55-45-47(46-57-59(53,54)56-44-43-50)58-49(52)42-40-38-36-34-32-30-28-26-24-22-20-18-16-14-12-10-8-6-4-2/h5-8,11-14,17-20,23-26,29-32,35-38,47H,3-4,9-10,15-16,21-22,27-28,33-34,39-46,50H2,1-2H3,(H,53,54)/b7-5+,8-6+,13-11+,14-12+,19-17+,20-18+,25-23+,26-24+,31-29+,32-30+,37-35+,38-36+/t47-/m1/s1. The first-order chi connectivity index (χ1) is 28.8. The molecule has 9 nitrogen and oxygen atoms in total. The van der Waals surface area contributed by atoms with Gasteiger partial charge in [-0.3, -0.25) is 18.6 Å². The highest BCUT2D eigenvalue weighted by Crippen LogP contribution is 2.43. The molecule has 0 aromatic heterocycles. The first kappa shape index (κ1) is 54.9. The van der Waals surface area contributed by atoms with E-state index < -0.39 is 32.5 Å². The Morgan fingerprint density at radius 3 is 1.15 bits per heavy atom. The number of ether oxygens (including phenoxy) is 2. The zero-order chi connectivity index (χ0) is 43.2. The van der Waals surface area contributed by atoms with E-state index >= 15 is 0 Å². The number of phosphoric acid groups is 1. The third kappa shape index (κ3) is 43.3. The van der Waals surface area contributed by atoms with E-state index in [0.717, 1.165) is 77.0 Å². The van der Waals surface area contributed by atoms with Crippen molar-refractivity contribution >= 4 is 19.8 Å². The molecule has 0 amide bonds. The quantitative estimate of drug-likeness (QED) is 0.0356. The summed E-state index contributed by atoms with van der Waals surface area (Å²) in [6.45, 7) is 3.28. The molecule has 328 valence electrons. The Hall–Kier alpha value is -4.11. The van der Waals surface area contributed by atoms with Crippen LogP contribution in [0.2, 0.25) is 0 Å². The van der Waals surface area contributed by atoms with Crippen molar-refractivity contribution in [3.05, 3.63) is 146 Å². The average molecular weight is 836 g/mol. The van der Waals surface area contributed by atoms with Crippen LogP contribution in [0.5, 0.6) is 0 Å². The number of nitrogens with two attached hydrogens (primary N) is 1. The third-order valence-electron chi connectivity index (χ3n) is 7.75. The maximum absolute atomic E-state index is 12.5. The van der Waals surface area contributed by atoms with Gasteiger partial charge < -0.3 is 20.1 Å². The van der Waals surface area contributed by atoms with Gasteiger partial charge in [0.1, 0.15) is 6.61 Å². The van der Waals surface area contributed by atoms with Gasteiger partial charge >= 0.3 is 19.8 Å². The molecule has 0 aliphatic carbocycles. The summed E-state index contributed by atoms with van der Waals surface area (Å²) in [5.74, 6) is -1.04. The van der Waals surface area contributed by atoms with Gasteiger partial charge in [0.25, 0.3) is 0 Å². The molecule has 0 aromatic rings. The summed E-state index contributed by atoms with van der Waals surface area (Å²) < 4.78 is 32.6. The number of phosphoric ester groups is 1. The molecule has 0 aromatic carbocycles. The van der Waals surface area contributed by atoms with Crippen LogP contribution in [0.3, 0.4) is 0 Å². The Morgan fingerprint density at radius 2 is 0.814 bits per heavy atom. The lowest BCUT2D eigenvalue weighted by molar-refractivity contribution is -0.161. The molecule has 0 fully saturated rings. The van der Waals surface area contributed by atoms with Crippen LogP contribution in [0.15, 0.2) is 146 Å². The second kappa shape index (κ2) is 43.5. The highest BCUT2D eigenvalue weighted by molar-refractivity contribution is 7.47. The minimum atomic E-state index is -4.43. The molecule has 0 saturated heterocycles. The van der Waals surface area contributed by atoms with Crippen LogP contribution in [0.4, 0.5) is 0 Å². The molecule has 0 rings (SSSR count). The number of carbonyl (C=O) groups is 2. The van der Waals surface area contributed by atoms with Gasteiger partial charge in [0.2, 0.25) is 0 Å². The maximum atomic E-state index is 12.5. The van der Waals surface area contributed by atoms with E-state index in [-0.39, 0.29) is 32.6 Å². The molecule has 1 unspecified atom stereocenters. The fourth-order valence-electron chi connectivity index (χ4n) is 4.68. The van der Waals surface area contributed by atoms with E-state index in [0.29, 0.717) is 12.8 Å².